The molecule has 17 nitrogen and oxygen atoms in total. The first-order valence-electron chi connectivity index (χ1n) is 46.7. The molecule has 0 saturated carbocycles. The molecule has 109 heavy (non-hydrogen) atoms. The minimum Gasteiger partial charge on any atom is -0.462 e. The normalized spacial score (nSPS) is 13.9. The van der Waals surface area contributed by atoms with Crippen LogP contribution in [0.3, 0.4) is 0 Å². The van der Waals surface area contributed by atoms with Gasteiger partial charge in [-0.05, 0) is 31.6 Å². The van der Waals surface area contributed by atoms with Crippen LogP contribution in [0.2, 0.25) is 0 Å². The van der Waals surface area contributed by atoms with Crippen molar-refractivity contribution < 1.29 is 80.2 Å². The fraction of sp³-hybridized carbons (Fsp3) is 0.956. The number of hydrogen-bond donors (Lipinski definition) is 3. The van der Waals surface area contributed by atoms with E-state index in [2.05, 4.69) is 34.6 Å². The second-order valence-corrected chi connectivity index (χ2v) is 35.5. The third kappa shape index (κ3) is 82.4. The van der Waals surface area contributed by atoms with Crippen LogP contribution in [0.25, 0.3) is 0 Å². The minimum absolute atomic E-state index is 0.109. The average Bonchev–Trinajstić information content (AvgIpc) is 0.901. The first-order chi connectivity index (χ1) is 53.1. The van der Waals surface area contributed by atoms with Gasteiger partial charge in [-0.1, -0.05) is 439 Å². The Morgan fingerprint density at radius 1 is 0.257 bits per heavy atom. The summed E-state index contributed by atoms with van der Waals surface area (Å²) >= 11 is 0. The fourth-order valence-electron chi connectivity index (χ4n) is 14.1. The zero-order valence-corrected chi connectivity index (χ0v) is 73.5. The molecule has 0 aromatic heterocycles. The topological polar surface area (TPSA) is 237 Å². The highest BCUT2D eigenvalue weighted by Gasteiger charge is 2.31. The van der Waals surface area contributed by atoms with Gasteiger partial charge in [0.2, 0.25) is 0 Å². The van der Waals surface area contributed by atoms with Crippen LogP contribution >= 0.6 is 15.6 Å². The maximum absolute atomic E-state index is 13.2. The predicted octanol–water partition coefficient (Wildman–Crippen LogP) is 27.9. The molecule has 0 aliphatic rings. The monoisotopic (exact) mass is 1590 g/mol. The van der Waals surface area contributed by atoms with E-state index in [-0.39, 0.29) is 25.7 Å². The molecule has 0 bridgehead atoms. The van der Waals surface area contributed by atoms with E-state index in [0.29, 0.717) is 25.7 Å². The van der Waals surface area contributed by atoms with Crippen molar-refractivity contribution in [2.24, 2.45) is 5.92 Å². The third-order valence-corrected chi connectivity index (χ3v) is 23.5. The summed E-state index contributed by atoms with van der Waals surface area (Å²) in [6.45, 7) is 7.44. The van der Waals surface area contributed by atoms with E-state index in [1.165, 1.54) is 315 Å². The summed E-state index contributed by atoms with van der Waals surface area (Å²) in [5.41, 5.74) is 0. The number of phosphoric ester groups is 2. The molecule has 0 heterocycles. The van der Waals surface area contributed by atoms with Gasteiger partial charge in [0.05, 0.1) is 26.4 Å². The van der Waals surface area contributed by atoms with E-state index in [0.717, 1.165) is 95.8 Å². The van der Waals surface area contributed by atoms with Crippen molar-refractivity contribution in [3.05, 3.63) is 0 Å². The highest BCUT2D eigenvalue weighted by molar-refractivity contribution is 7.47. The Morgan fingerprint density at radius 2 is 0.440 bits per heavy atom. The van der Waals surface area contributed by atoms with Crippen LogP contribution in [-0.4, -0.2) is 96.7 Å². The summed E-state index contributed by atoms with van der Waals surface area (Å²) in [5, 5.41) is 10.7. The van der Waals surface area contributed by atoms with Crippen molar-refractivity contribution in [2.45, 2.75) is 509 Å². The molecule has 0 aromatic carbocycles. The Morgan fingerprint density at radius 3 is 0.651 bits per heavy atom. The lowest BCUT2D eigenvalue weighted by molar-refractivity contribution is -0.161. The molecular weight excluding hydrogens is 1410 g/mol. The summed E-state index contributed by atoms with van der Waals surface area (Å²) in [6.07, 6.45) is 77.9. The smallest absolute Gasteiger partial charge is 0.462 e. The number of esters is 4. The summed E-state index contributed by atoms with van der Waals surface area (Å²) in [5.74, 6) is -1.23. The van der Waals surface area contributed by atoms with Gasteiger partial charge in [0.25, 0.3) is 0 Å². The van der Waals surface area contributed by atoms with E-state index in [9.17, 15) is 43.2 Å². The minimum atomic E-state index is -4.97. The summed E-state index contributed by atoms with van der Waals surface area (Å²) in [7, 11) is -9.93. The number of aliphatic hydroxyl groups is 1. The van der Waals surface area contributed by atoms with Gasteiger partial charge in [-0.15, -0.1) is 0 Å². The highest BCUT2D eigenvalue weighted by atomic mass is 31.2. The van der Waals surface area contributed by atoms with E-state index in [1.54, 1.807) is 0 Å². The largest absolute Gasteiger partial charge is 0.472 e. The maximum Gasteiger partial charge on any atom is 0.472 e. The van der Waals surface area contributed by atoms with E-state index >= 15 is 0 Å². The lowest BCUT2D eigenvalue weighted by atomic mass is 9.99. The zero-order valence-electron chi connectivity index (χ0n) is 71.7. The molecule has 19 heteroatoms. The summed E-state index contributed by atoms with van der Waals surface area (Å²) < 4.78 is 69.0. The Balaban J connectivity index is 5.19. The van der Waals surface area contributed by atoms with Gasteiger partial charge in [-0.2, -0.15) is 0 Å². The van der Waals surface area contributed by atoms with Gasteiger partial charge in [0.1, 0.15) is 19.3 Å². The van der Waals surface area contributed by atoms with Crippen LogP contribution in [0.1, 0.15) is 490 Å². The van der Waals surface area contributed by atoms with Crippen LogP contribution in [0.15, 0.2) is 0 Å². The van der Waals surface area contributed by atoms with Crippen LogP contribution in [-0.2, 0) is 65.4 Å². The van der Waals surface area contributed by atoms with Crippen LogP contribution < -0.4 is 0 Å². The molecule has 0 spiro atoms. The van der Waals surface area contributed by atoms with Crippen molar-refractivity contribution >= 4 is 39.5 Å². The van der Waals surface area contributed by atoms with Crippen molar-refractivity contribution in [3.63, 3.8) is 0 Å². The second kappa shape index (κ2) is 82.6. The average molecular weight is 1590 g/mol. The Labute approximate surface area is 670 Å². The molecule has 3 unspecified atom stereocenters. The zero-order chi connectivity index (χ0) is 79.7. The van der Waals surface area contributed by atoms with Crippen LogP contribution in [0, 0.1) is 5.92 Å². The second-order valence-electron chi connectivity index (χ2n) is 32.6. The number of rotatable bonds is 90. The summed E-state index contributed by atoms with van der Waals surface area (Å²) in [6, 6.07) is 0. The van der Waals surface area contributed by atoms with Crippen molar-refractivity contribution in [1.82, 2.24) is 0 Å². The van der Waals surface area contributed by atoms with Gasteiger partial charge in [-0.3, -0.25) is 37.3 Å². The van der Waals surface area contributed by atoms with E-state index < -0.39 is 97.5 Å². The number of carbonyl (C=O) groups is 4. The van der Waals surface area contributed by atoms with Gasteiger partial charge < -0.3 is 33.8 Å². The molecule has 0 aliphatic heterocycles. The Hall–Kier alpha value is -1.94. The van der Waals surface area contributed by atoms with Crippen molar-refractivity contribution in [1.29, 1.82) is 0 Å². The number of ether oxygens (including phenoxy) is 4. The van der Waals surface area contributed by atoms with Crippen molar-refractivity contribution in [3.8, 4) is 0 Å². The van der Waals surface area contributed by atoms with Crippen molar-refractivity contribution in [2.75, 3.05) is 39.6 Å². The highest BCUT2D eigenvalue weighted by Crippen LogP contribution is 2.45. The molecule has 0 aromatic rings. The number of unbranched alkanes of at least 4 members (excludes halogenated alkanes) is 61. The maximum atomic E-state index is 13.2. The van der Waals surface area contributed by atoms with Crippen LogP contribution in [0.4, 0.5) is 0 Å². The standard InChI is InChI=1S/C90H176O17P2/c1-6-10-13-16-19-22-24-26-28-30-31-32-33-34-38-42-45-49-54-59-64-69-74-88(93)101-80-86(107-90(95)76-71-66-61-56-51-47-43-39-36-35-37-40-44-48-53-57-62-67-72-83(5)9-4)82-105-109(98,99)103-78-84(91)77-102-108(96,97)104-81-85(79-100-87(92)73-68-63-58-52-21-18-15-12-8-3)106-89(94)75-70-65-60-55-50-46-41-29-27-25-23-20-17-14-11-7-2/h83-86,91H,6-82H2,1-5H3,(H,96,97)(H,98,99)/t83?,84-,85+,86+/m0/s1. The van der Waals surface area contributed by atoms with Crippen LogP contribution in [0.5, 0.6) is 0 Å². The molecule has 648 valence electrons. The van der Waals surface area contributed by atoms with Gasteiger partial charge in [-0.25, -0.2) is 9.13 Å². The SMILES string of the molecule is CCCCCCCCCCCCCCCCCCCCCCCCC(=O)OC[C@H](COP(=O)(O)OC[C@@H](O)COP(=O)(O)OC[C@@H](COC(=O)CCCCCCCCCCC)OC(=O)CCCCCCCCCCCCCCCCCC)OC(=O)CCCCCCCCCCCCCCCCCCCCC(C)CC. The molecule has 0 fully saturated rings. The number of hydrogen-bond acceptors (Lipinski definition) is 15. The van der Waals surface area contributed by atoms with E-state index in [4.69, 9.17) is 37.0 Å². The van der Waals surface area contributed by atoms with E-state index in [1.807, 2.05) is 0 Å². The number of aliphatic hydroxyl groups excluding tert-OH is 1. The summed E-state index contributed by atoms with van der Waals surface area (Å²) in [4.78, 5) is 73.3. The quantitative estimate of drug-likeness (QED) is 0.0222. The molecule has 3 N–H and O–H groups in total. The predicted molar refractivity (Wildman–Crippen MR) is 451 cm³/mol. The number of phosphoric acid groups is 2. The number of carbonyl (C=O) groups excluding carboxylic acids is 4. The molecule has 0 aliphatic carbocycles. The Bertz CT molecular complexity index is 2070. The van der Waals surface area contributed by atoms with Gasteiger partial charge >= 0.3 is 39.5 Å². The lowest BCUT2D eigenvalue weighted by Gasteiger charge is -2.21. The van der Waals surface area contributed by atoms with Gasteiger partial charge in [0, 0.05) is 25.7 Å². The molecule has 0 saturated heterocycles. The third-order valence-electron chi connectivity index (χ3n) is 21.6. The lowest BCUT2D eigenvalue weighted by Crippen LogP contribution is -2.30. The molecule has 0 amide bonds. The molecule has 6 atom stereocenters. The molecular formula is C90H176O17P2. The first kappa shape index (κ1) is 107. The fourth-order valence-corrected chi connectivity index (χ4v) is 15.7. The molecule has 0 radical (unpaired) electrons. The first-order valence-corrected chi connectivity index (χ1v) is 49.7. The molecule has 0 rings (SSSR count). The Kier molecular flexibility index (Phi) is 81.1. The van der Waals surface area contributed by atoms with Gasteiger partial charge in [0.15, 0.2) is 12.2 Å².